The predicted octanol–water partition coefficient (Wildman–Crippen LogP) is 2.16. The molecule has 2 rings (SSSR count). The van der Waals surface area contributed by atoms with E-state index in [9.17, 15) is 0 Å². The van der Waals surface area contributed by atoms with Crippen molar-refractivity contribution in [2.75, 3.05) is 33.5 Å². The second kappa shape index (κ2) is 7.73. The fourth-order valence-corrected chi connectivity index (χ4v) is 3.06. The van der Waals surface area contributed by atoms with Crippen LogP contribution in [0.2, 0.25) is 0 Å². The number of imidazole rings is 1. The first-order chi connectivity index (χ1) is 9.74. The number of nitrogens with one attached hydrogen (secondary N) is 1. The molecule has 6 heteroatoms. The summed E-state index contributed by atoms with van der Waals surface area (Å²) in [5.41, 5.74) is 3.63. The van der Waals surface area contributed by atoms with Crippen LogP contribution in [0.3, 0.4) is 0 Å². The molecule has 0 saturated heterocycles. The molecule has 20 heavy (non-hydrogen) atoms. The van der Waals surface area contributed by atoms with E-state index < -0.39 is 0 Å². The van der Waals surface area contributed by atoms with Crippen LogP contribution in [0.5, 0.6) is 0 Å². The summed E-state index contributed by atoms with van der Waals surface area (Å²) in [6.45, 7) is 8.10. The molecule has 0 aromatic carbocycles. The minimum Gasteiger partial charge on any atom is -0.382 e. The number of rotatable bonds is 9. The zero-order chi connectivity index (χ0) is 14.4. The van der Waals surface area contributed by atoms with Crippen LogP contribution in [0.1, 0.15) is 23.5 Å². The Morgan fingerprint density at radius 2 is 2.15 bits per heavy atom. The molecule has 0 unspecified atom stereocenters. The van der Waals surface area contributed by atoms with Gasteiger partial charge in [-0.15, -0.1) is 11.3 Å². The first kappa shape index (κ1) is 15.4. The van der Waals surface area contributed by atoms with Crippen molar-refractivity contribution in [2.45, 2.75) is 26.8 Å². The summed E-state index contributed by atoms with van der Waals surface area (Å²) in [5, 5.41) is 5.61. The van der Waals surface area contributed by atoms with Gasteiger partial charge in [0.05, 0.1) is 24.6 Å². The molecule has 0 fully saturated rings. The SMILES string of the molecule is COCCOCCCNCc1c(C)nc2scc(C)n12. The van der Waals surface area contributed by atoms with E-state index in [2.05, 4.69) is 33.9 Å². The molecule has 5 nitrogen and oxygen atoms in total. The minimum atomic E-state index is 0.665. The van der Waals surface area contributed by atoms with Gasteiger partial charge in [0.25, 0.3) is 0 Å². The Kier molecular flexibility index (Phi) is 5.97. The Morgan fingerprint density at radius 3 is 2.95 bits per heavy atom. The van der Waals surface area contributed by atoms with E-state index >= 15 is 0 Å². The standard InChI is InChI=1S/C14H23N3O2S/c1-11-10-20-14-16-12(2)13(17(11)14)9-15-5-4-6-19-8-7-18-3/h10,15H,4-9H2,1-3H3. The lowest BCUT2D eigenvalue weighted by molar-refractivity contribution is 0.0694. The summed E-state index contributed by atoms with van der Waals surface area (Å²) < 4.78 is 12.6. The number of nitrogens with zero attached hydrogens (tertiary/aromatic N) is 2. The van der Waals surface area contributed by atoms with Crippen molar-refractivity contribution in [2.24, 2.45) is 0 Å². The highest BCUT2D eigenvalue weighted by Crippen LogP contribution is 2.20. The van der Waals surface area contributed by atoms with E-state index in [4.69, 9.17) is 9.47 Å². The molecule has 2 heterocycles. The van der Waals surface area contributed by atoms with E-state index in [1.807, 2.05) is 0 Å². The van der Waals surface area contributed by atoms with Crippen molar-refractivity contribution in [1.82, 2.24) is 14.7 Å². The van der Waals surface area contributed by atoms with Gasteiger partial charge in [-0.25, -0.2) is 4.98 Å². The van der Waals surface area contributed by atoms with E-state index in [1.165, 1.54) is 11.4 Å². The zero-order valence-electron chi connectivity index (χ0n) is 12.4. The lowest BCUT2D eigenvalue weighted by atomic mass is 10.3. The fourth-order valence-electron chi connectivity index (χ4n) is 2.13. The highest BCUT2D eigenvalue weighted by atomic mass is 32.1. The maximum absolute atomic E-state index is 5.43. The van der Waals surface area contributed by atoms with Crippen molar-refractivity contribution in [3.8, 4) is 0 Å². The average Bonchev–Trinajstić information content (AvgIpc) is 2.93. The molecular weight excluding hydrogens is 274 g/mol. The molecule has 0 saturated carbocycles. The molecule has 0 amide bonds. The van der Waals surface area contributed by atoms with Gasteiger partial charge in [0, 0.05) is 31.3 Å². The fraction of sp³-hybridized carbons (Fsp3) is 0.643. The van der Waals surface area contributed by atoms with Gasteiger partial charge < -0.3 is 14.8 Å². The third-order valence-corrected chi connectivity index (χ3v) is 4.14. The minimum absolute atomic E-state index is 0.665. The number of aryl methyl sites for hydroxylation is 2. The van der Waals surface area contributed by atoms with Crippen LogP contribution in [0, 0.1) is 13.8 Å². The third-order valence-electron chi connectivity index (χ3n) is 3.20. The maximum Gasteiger partial charge on any atom is 0.194 e. The number of fused-ring (bicyclic) bond motifs is 1. The normalized spacial score (nSPS) is 11.6. The topological polar surface area (TPSA) is 47.8 Å². The Bertz CT molecular complexity index is 536. The molecule has 0 bridgehead atoms. The number of hydrogen-bond acceptors (Lipinski definition) is 5. The monoisotopic (exact) mass is 297 g/mol. The number of methoxy groups -OCH3 is 1. The number of thiazole rings is 1. The highest BCUT2D eigenvalue weighted by Gasteiger charge is 2.11. The third kappa shape index (κ3) is 3.79. The van der Waals surface area contributed by atoms with Gasteiger partial charge in [0.1, 0.15) is 0 Å². The Hall–Kier alpha value is -0.950. The maximum atomic E-state index is 5.43. The van der Waals surface area contributed by atoms with Gasteiger partial charge >= 0.3 is 0 Å². The van der Waals surface area contributed by atoms with Crippen molar-refractivity contribution in [3.05, 3.63) is 22.5 Å². The van der Waals surface area contributed by atoms with Gasteiger partial charge in [-0.1, -0.05) is 0 Å². The van der Waals surface area contributed by atoms with Crippen molar-refractivity contribution in [1.29, 1.82) is 0 Å². The van der Waals surface area contributed by atoms with Crippen LogP contribution >= 0.6 is 11.3 Å². The van der Waals surface area contributed by atoms with Crippen molar-refractivity contribution >= 4 is 16.3 Å². The molecule has 0 aliphatic rings. The second-order valence-corrected chi connectivity index (χ2v) is 5.61. The lowest BCUT2D eigenvalue weighted by Crippen LogP contribution is -2.18. The quantitative estimate of drug-likeness (QED) is 0.721. The number of aromatic nitrogens is 2. The smallest absolute Gasteiger partial charge is 0.194 e. The van der Waals surface area contributed by atoms with E-state index in [0.29, 0.717) is 13.2 Å². The van der Waals surface area contributed by atoms with E-state index in [0.717, 1.165) is 36.8 Å². The van der Waals surface area contributed by atoms with Crippen LogP contribution in [0.4, 0.5) is 0 Å². The molecule has 0 spiro atoms. The van der Waals surface area contributed by atoms with Gasteiger partial charge in [-0.2, -0.15) is 0 Å². The highest BCUT2D eigenvalue weighted by molar-refractivity contribution is 7.15. The summed E-state index contributed by atoms with van der Waals surface area (Å²) in [7, 11) is 1.69. The Balaban J connectivity index is 1.73. The molecular formula is C14H23N3O2S. The van der Waals surface area contributed by atoms with Crippen LogP contribution in [0.15, 0.2) is 5.38 Å². The van der Waals surface area contributed by atoms with Gasteiger partial charge in [0.15, 0.2) is 4.96 Å². The summed E-state index contributed by atoms with van der Waals surface area (Å²) in [6, 6.07) is 0. The summed E-state index contributed by atoms with van der Waals surface area (Å²) in [4.78, 5) is 5.67. The Labute approximate surface area is 123 Å². The van der Waals surface area contributed by atoms with Crippen LogP contribution in [-0.2, 0) is 16.0 Å². The summed E-state index contributed by atoms with van der Waals surface area (Å²) >= 11 is 1.70. The number of hydrogen-bond donors (Lipinski definition) is 1. The molecule has 2 aromatic heterocycles. The zero-order valence-corrected chi connectivity index (χ0v) is 13.3. The lowest BCUT2D eigenvalue weighted by Gasteiger charge is -2.07. The molecule has 0 radical (unpaired) electrons. The van der Waals surface area contributed by atoms with E-state index in [1.54, 1.807) is 18.4 Å². The van der Waals surface area contributed by atoms with Crippen LogP contribution in [-0.4, -0.2) is 42.9 Å². The number of ether oxygens (including phenoxy) is 2. The summed E-state index contributed by atoms with van der Waals surface area (Å²) in [5.74, 6) is 0. The Morgan fingerprint density at radius 1 is 1.30 bits per heavy atom. The second-order valence-electron chi connectivity index (χ2n) is 4.77. The average molecular weight is 297 g/mol. The van der Waals surface area contributed by atoms with Crippen LogP contribution < -0.4 is 5.32 Å². The van der Waals surface area contributed by atoms with Crippen molar-refractivity contribution < 1.29 is 9.47 Å². The summed E-state index contributed by atoms with van der Waals surface area (Å²) in [6.07, 6.45) is 1.01. The van der Waals surface area contributed by atoms with Gasteiger partial charge in [-0.05, 0) is 26.8 Å². The van der Waals surface area contributed by atoms with Crippen LogP contribution in [0.25, 0.3) is 4.96 Å². The van der Waals surface area contributed by atoms with Gasteiger partial charge in [-0.3, -0.25) is 4.40 Å². The molecule has 1 N–H and O–H groups in total. The molecule has 2 aromatic rings. The molecule has 112 valence electrons. The predicted molar refractivity (Wildman–Crippen MR) is 81.6 cm³/mol. The van der Waals surface area contributed by atoms with E-state index in [-0.39, 0.29) is 0 Å². The molecule has 0 atom stereocenters. The largest absolute Gasteiger partial charge is 0.382 e. The molecule has 0 aliphatic heterocycles. The molecule has 0 aliphatic carbocycles. The first-order valence-corrected chi connectivity index (χ1v) is 7.81. The van der Waals surface area contributed by atoms with Crippen molar-refractivity contribution in [3.63, 3.8) is 0 Å². The first-order valence-electron chi connectivity index (χ1n) is 6.93. The van der Waals surface area contributed by atoms with Gasteiger partial charge in [0.2, 0.25) is 0 Å².